The van der Waals surface area contributed by atoms with Crippen molar-refractivity contribution in [1.82, 2.24) is 4.98 Å². The van der Waals surface area contributed by atoms with Crippen LogP contribution in [0.5, 0.6) is 11.5 Å². The third-order valence-corrected chi connectivity index (χ3v) is 4.07. The molecule has 29 heavy (non-hydrogen) atoms. The number of aromatic nitrogens is 1. The van der Waals surface area contributed by atoms with Gasteiger partial charge >= 0.3 is 6.29 Å². The van der Waals surface area contributed by atoms with Crippen LogP contribution in [-0.4, -0.2) is 17.2 Å². The highest BCUT2D eigenvalue weighted by molar-refractivity contribution is 6.08. The summed E-state index contributed by atoms with van der Waals surface area (Å²) in [5.41, 5.74) is 1.36. The quantitative estimate of drug-likeness (QED) is 0.663. The molecule has 1 amide bonds. The minimum Gasteiger partial charge on any atom is -0.395 e. The maximum Gasteiger partial charge on any atom is 0.586 e. The molecule has 0 fully saturated rings. The molecule has 0 saturated carbocycles. The van der Waals surface area contributed by atoms with Gasteiger partial charge in [0.05, 0.1) is 23.5 Å². The van der Waals surface area contributed by atoms with E-state index in [1.165, 1.54) is 30.3 Å². The molecule has 2 aromatic carbocycles. The number of halogens is 3. The molecule has 0 aliphatic carbocycles. The lowest BCUT2D eigenvalue weighted by atomic mass is 10.1. The second-order valence-electron chi connectivity index (χ2n) is 6.15. The number of benzene rings is 2. The Morgan fingerprint density at radius 3 is 2.66 bits per heavy atom. The number of nitrogens with one attached hydrogen (secondary N) is 2. The van der Waals surface area contributed by atoms with Crippen LogP contribution in [0.2, 0.25) is 0 Å². The molecule has 0 spiro atoms. The molecule has 1 aliphatic rings. The van der Waals surface area contributed by atoms with E-state index in [0.717, 1.165) is 6.07 Å². The van der Waals surface area contributed by atoms with E-state index in [0.29, 0.717) is 5.69 Å². The van der Waals surface area contributed by atoms with Gasteiger partial charge in [-0.1, -0.05) is 6.07 Å². The van der Waals surface area contributed by atoms with Crippen molar-refractivity contribution in [1.29, 1.82) is 0 Å². The van der Waals surface area contributed by atoms with E-state index < -0.39 is 18.0 Å². The lowest BCUT2D eigenvalue weighted by Gasteiger charge is -2.13. The Morgan fingerprint density at radius 1 is 1.03 bits per heavy atom. The number of ether oxygens (including phenoxy) is 2. The fourth-order valence-electron chi connectivity index (χ4n) is 2.77. The van der Waals surface area contributed by atoms with E-state index in [1.54, 1.807) is 18.3 Å². The number of alkyl halides is 2. The van der Waals surface area contributed by atoms with Crippen molar-refractivity contribution in [2.45, 2.75) is 12.8 Å². The standard InChI is InChI=1S/C20H14F3N3O3/c21-12-4-6-15(16(9-12)25-11-14-3-1-2-8-24-14)19(27)26-13-5-7-17-18(10-13)29-20(22,23)28-17/h1-10,25H,11H2,(H,26,27). The fraction of sp³-hybridized carbons (Fsp3) is 0.100. The maximum atomic E-state index is 13.7. The summed E-state index contributed by atoms with van der Waals surface area (Å²) >= 11 is 0. The van der Waals surface area contributed by atoms with Crippen LogP contribution in [-0.2, 0) is 6.54 Å². The second kappa shape index (κ2) is 7.34. The average molecular weight is 401 g/mol. The molecule has 2 heterocycles. The molecule has 3 aromatic rings. The molecule has 0 radical (unpaired) electrons. The van der Waals surface area contributed by atoms with Gasteiger partial charge in [0.1, 0.15) is 5.82 Å². The molecule has 1 aliphatic heterocycles. The van der Waals surface area contributed by atoms with Crippen molar-refractivity contribution in [3.8, 4) is 11.5 Å². The average Bonchev–Trinajstić information content (AvgIpc) is 3.00. The zero-order valence-corrected chi connectivity index (χ0v) is 14.8. The smallest absolute Gasteiger partial charge is 0.395 e. The van der Waals surface area contributed by atoms with Crippen LogP contribution in [0.25, 0.3) is 0 Å². The van der Waals surface area contributed by atoms with Gasteiger partial charge in [-0.2, -0.15) is 0 Å². The molecule has 1 aromatic heterocycles. The number of fused-ring (bicyclic) bond motifs is 1. The number of nitrogens with zero attached hydrogens (tertiary/aromatic N) is 1. The summed E-state index contributed by atoms with van der Waals surface area (Å²) in [4.78, 5) is 16.8. The van der Waals surface area contributed by atoms with Crippen LogP contribution in [0.1, 0.15) is 16.1 Å². The summed E-state index contributed by atoms with van der Waals surface area (Å²) in [6.45, 7) is 0.281. The third kappa shape index (κ3) is 4.23. The summed E-state index contributed by atoms with van der Waals surface area (Å²) in [7, 11) is 0. The molecule has 148 valence electrons. The van der Waals surface area contributed by atoms with Crippen LogP contribution in [0.4, 0.5) is 24.5 Å². The first kappa shape index (κ1) is 18.6. The minimum absolute atomic E-state index is 0.132. The van der Waals surface area contributed by atoms with Crippen molar-refractivity contribution in [3.63, 3.8) is 0 Å². The molecule has 0 atom stereocenters. The number of pyridine rings is 1. The lowest BCUT2D eigenvalue weighted by Crippen LogP contribution is -2.25. The Bertz CT molecular complexity index is 1060. The molecule has 0 unspecified atom stereocenters. The van der Waals surface area contributed by atoms with Crippen LogP contribution >= 0.6 is 0 Å². The number of hydrogen-bond donors (Lipinski definition) is 2. The number of rotatable bonds is 5. The lowest BCUT2D eigenvalue weighted by molar-refractivity contribution is -0.286. The van der Waals surface area contributed by atoms with Gasteiger partial charge in [-0.3, -0.25) is 9.78 Å². The number of carbonyl (C=O) groups excluding carboxylic acids is 1. The Kier molecular flexibility index (Phi) is 4.71. The number of amides is 1. The minimum atomic E-state index is -3.75. The molecule has 2 N–H and O–H groups in total. The summed E-state index contributed by atoms with van der Waals surface area (Å²) < 4.78 is 48.7. The molecule has 0 bridgehead atoms. The highest BCUT2D eigenvalue weighted by Gasteiger charge is 2.43. The van der Waals surface area contributed by atoms with Crippen molar-refractivity contribution >= 4 is 17.3 Å². The number of hydrogen-bond acceptors (Lipinski definition) is 5. The normalized spacial score (nSPS) is 13.8. The first-order valence-electron chi connectivity index (χ1n) is 8.54. The van der Waals surface area contributed by atoms with Gasteiger partial charge in [0.2, 0.25) is 0 Å². The Labute approximate surface area is 163 Å². The zero-order chi connectivity index (χ0) is 20.4. The summed E-state index contributed by atoms with van der Waals surface area (Å²) in [6, 6.07) is 12.9. The Balaban J connectivity index is 1.52. The molecular weight excluding hydrogens is 387 g/mol. The van der Waals surface area contributed by atoms with Crippen molar-refractivity contribution in [2.24, 2.45) is 0 Å². The predicted octanol–water partition coefficient (Wildman–Crippen LogP) is 4.41. The van der Waals surface area contributed by atoms with E-state index >= 15 is 0 Å². The number of carbonyl (C=O) groups is 1. The SMILES string of the molecule is O=C(Nc1ccc2c(c1)OC(F)(F)O2)c1ccc(F)cc1NCc1ccccn1. The number of anilines is 2. The maximum absolute atomic E-state index is 13.7. The van der Waals surface area contributed by atoms with Gasteiger partial charge in [0.15, 0.2) is 11.5 Å². The van der Waals surface area contributed by atoms with Gasteiger partial charge in [-0.05, 0) is 42.5 Å². The first-order valence-corrected chi connectivity index (χ1v) is 8.54. The zero-order valence-electron chi connectivity index (χ0n) is 14.8. The molecular formula is C20H14F3N3O3. The second-order valence-corrected chi connectivity index (χ2v) is 6.15. The van der Waals surface area contributed by atoms with Gasteiger partial charge in [0, 0.05) is 18.0 Å². The summed E-state index contributed by atoms with van der Waals surface area (Å²) in [5.74, 6) is -1.40. The monoisotopic (exact) mass is 401 g/mol. The predicted molar refractivity (Wildman–Crippen MR) is 98.6 cm³/mol. The van der Waals surface area contributed by atoms with E-state index in [9.17, 15) is 18.0 Å². The van der Waals surface area contributed by atoms with Crippen molar-refractivity contribution in [3.05, 3.63) is 77.9 Å². The summed E-state index contributed by atoms with van der Waals surface area (Å²) in [6.07, 6.45) is -2.12. The summed E-state index contributed by atoms with van der Waals surface area (Å²) in [5, 5.41) is 5.56. The first-order chi connectivity index (χ1) is 13.9. The largest absolute Gasteiger partial charge is 0.586 e. The Hall–Kier alpha value is -3.75. The molecule has 9 heteroatoms. The van der Waals surface area contributed by atoms with Crippen molar-refractivity contribution < 1.29 is 27.4 Å². The van der Waals surface area contributed by atoms with Crippen LogP contribution in [0.3, 0.4) is 0 Å². The van der Waals surface area contributed by atoms with Crippen molar-refractivity contribution in [2.75, 3.05) is 10.6 Å². The van der Waals surface area contributed by atoms with Crippen LogP contribution in [0, 0.1) is 5.82 Å². The molecule has 4 rings (SSSR count). The van der Waals surface area contributed by atoms with Gasteiger partial charge < -0.3 is 20.1 Å². The third-order valence-electron chi connectivity index (χ3n) is 4.07. The highest BCUT2D eigenvalue weighted by atomic mass is 19.3. The van der Waals surface area contributed by atoms with Gasteiger partial charge in [-0.15, -0.1) is 8.78 Å². The van der Waals surface area contributed by atoms with Crippen LogP contribution in [0.15, 0.2) is 60.8 Å². The van der Waals surface area contributed by atoms with E-state index in [1.807, 2.05) is 6.07 Å². The molecule has 6 nitrogen and oxygen atoms in total. The van der Waals surface area contributed by atoms with E-state index in [2.05, 4.69) is 25.1 Å². The Morgan fingerprint density at radius 2 is 1.86 bits per heavy atom. The topological polar surface area (TPSA) is 72.5 Å². The fourth-order valence-corrected chi connectivity index (χ4v) is 2.77. The van der Waals surface area contributed by atoms with Gasteiger partial charge in [-0.25, -0.2) is 4.39 Å². The van der Waals surface area contributed by atoms with Gasteiger partial charge in [0.25, 0.3) is 5.91 Å². The van der Waals surface area contributed by atoms with Crippen LogP contribution < -0.4 is 20.1 Å². The molecule has 0 saturated heterocycles. The van der Waals surface area contributed by atoms with E-state index in [-0.39, 0.29) is 35.0 Å². The highest BCUT2D eigenvalue weighted by Crippen LogP contribution is 2.42. The van der Waals surface area contributed by atoms with E-state index in [4.69, 9.17) is 0 Å².